The minimum atomic E-state index is -1.85. The summed E-state index contributed by atoms with van der Waals surface area (Å²) in [4.78, 5) is 30.5. The molecule has 2 aromatic heterocycles. The van der Waals surface area contributed by atoms with Crippen molar-refractivity contribution in [2.75, 3.05) is 7.05 Å². The van der Waals surface area contributed by atoms with Gasteiger partial charge < -0.3 is 24.8 Å². The first-order valence-corrected chi connectivity index (χ1v) is 10.8. The van der Waals surface area contributed by atoms with E-state index in [1.54, 1.807) is 17.6 Å². The number of nitrogens with zero attached hydrogens (tertiary/aromatic N) is 2. The van der Waals surface area contributed by atoms with Crippen molar-refractivity contribution in [1.29, 1.82) is 0 Å². The number of ether oxygens (including phenoxy) is 1. The maximum atomic E-state index is 13.3. The largest absolute Gasteiger partial charge is 0.507 e. The molecule has 0 spiro atoms. The molecule has 0 aliphatic carbocycles. The maximum Gasteiger partial charge on any atom is 0.343 e. The number of aryl methyl sites for hydroxylation is 1. The smallest absolute Gasteiger partial charge is 0.343 e. The van der Waals surface area contributed by atoms with Gasteiger partial charge in [0.2, 0.25) is 0 Å². The minimum Gasteiger partial charge on any atom is -0.507 e. The highest BCUT2D eigenvalue weighted by molar-refractivity contribution is 5.92. The zero-order valence-electron chi connectivity index (χ0n) is 18.3. The van der Waals surface area contributed by atoms with Crippen LogP contribution in [0.15, 0.2) is 23.0 Å². The van der Waals surface area contributed by atoms with Crippen LogP contribution in [0.3, 0.4) is 0 Å². The molecule has 166 valence electrons. The van der Waals surface area contributed by atoms with Gasteiger partial charge >= 0.3 is 5.97 Å². The number of fused-ring (bicyclic) bond motifs is 5. The molecule has 0 unspecified atom stereocenters. The molecular formula is C24H25N3O5. The lowest BCUT2D eigenvalue weighted by Crippen LogP contribution is -2.44. The van der Waals surface area contributed by atoms with Crippen molar-refractivity contribution in [3.05, 3.63) is 56.4 Å². The number of hydrogen-bond acceptors (Lipinski definition) is 7. The highest BCUT2D eigenvalue weighted by atomic mass is 16.6. The number of aliphatic hydroxyl groups is 1. The van der Waals surface area contributed by atoms with E-state index in [-0.39, 0.29) is 24.3 Å². The molecule has 4 heterocycles. The number of aromatic hydroxyl groups is 1. The van der Waals surface area contributed by atoms with E-state index < -0.39 is 11.6 Å². The van der Waals surface area contributed by atoms with Gasteiger partial charge in [-0.2, -0.15) is 0 Å². The Morgan fingerprint density at radius 2 is 2.00 bits per heavy atom. The van der Waals surface area contributed by atoms with E-state index in [9.17, 15) is 19.8 Å². The molecule has 2 aliphatic heterocycles. The Bertz CT molecular complexity index is 1360. The summed E-state index contributed by atoms with van der Waals surface area (Å²) in [5.41, 5.74) is 2.93. The van der Waals surface area contributed by atoms with Crippen LogP contribution in [0.25, 0.3) is 22.3 Å². The number of pyridine rings is 2. The number of phenolic OH excluding ortho intramolecular Hbond substituents is 1. The summed E-state index contributed by atoms with van der Waals surface area (Å²) < 4.78 is 6.72. The average molecular weight is 435 g/mol. The second-order valence-corrected chi connectivity index (χ2v) is 8.42. The second-order valence-electron chi connectivity index (χ2n) is 8.42. The van der Waals surface area contributed by atoms with Crippen molar-refractivity contribution in [2.24, 2.45) is 0 Å². The van der Waals surface area contributed by atoms with Crippen molar-refractivity contribution in [2.45, 2.75) is 52.0 Å². The summed E-state index contributed by atoms with van der Waals surface area (Å²) >= 11 is 0. The van der Waals surface area contributed by atoms with Gasteiger partial charge in [-0.3, -0.25) is 4.79 Å². The molecule has 8 heteroatoms. The van der Waals surface area contributed by atoms with Crippen molar-refractivity contribution in [1.82, 2.24) is 14.9 Å². The number of rotatable bonds is 4. The summed E-state index contributed by atoms with van der Waals surface area (Å²) in [6.07, 6.45) is 0.833. The molecule has 3 N–H and O–H groups in total. The molecule has 3 aromatic rings. The minimum absolute atomic E-state index is 0.0990. The Labute approximate surface area is 184 Å². The van der Waals surface area contributed by atoms with E-state index in [2.05, 4.69) is 5.32 Å². The summed E-state index contributed by atoms with van der Waals surface area (Å²) in [6, 6.07) is 5.55. The Morgan fingerprint density at radius 1 is 1.22 bits per heavy atom. The normalized spacial score (nSPS) is 18.9. The average Bonchev–Trinajstić information content (AvgIpc) is 3.16. The zero-order chi connectivity index (χ0) is 22.8. The first kappa shape index (κ1) is 20.7. The van der Waals surface area contributed by atoms with Crippen LogP contribution >= 0.6 is 0 Å². The van der Waals surface area contributed by atoms with E-state index in [1.165, 1.54) is 0 Å². The van der Waals surface area contributed by atoms with Gasteiger partial charge in [0.25, 0.3) is 5.56 Å². The number of phenols is 1. The van der Waals surface area contributed by atoms with Gasteiger partial charge in [-0.1, -0.05) is 13.8 Å². The van der Waals surface area contributed by atoms with Crippen LogP contribution in [0.5, 0.6) is 5.75 Å². The summed E-state index contributed by atoms with van der Waals surface area (Å²) in [5.74, 6) is -0.555. The van der Waals surface area contributed by atoms with Gasteiger partial charge in [-0.15, -0.1) is 0 Å². The number of benzene rings is 1. The van der Waals surface area contributed by atoms with Crippen molar-refractivity contribution in [3.63, 3.8) is 0 Å². The van der Waals surface area contributed by atoms with Crippen LogP contribution < -0.4 is 10.9 Å². The number of aromatic nitrogens is 2. The third-order valence-corrected chi connectivity index (χ3v) is 6.68. The van der Waals surface area contributed by atoms with Gasteiger partial charge in [0.05, 0.1) is 29.0 Å². The summed E-state index contributed by atoms with van der Waals surface area (Å²) in [6.45, 7) is 4.39. The highest BCUT2D eigenvalue weighted by Gasteiger charge is 2.45. The number of esters is 1. The third kappa shape index (κ3) is 2.66. The van der Waals surface area contributed by atoms with Gasteiger partial charge in [0.1, 0.15) is 12.4 Å². The SMILES string of the molecule is CCc1cc(CNC)c(O)c2cc3c(nc12)-c1cc2c(c(=O)n1C3)COC(=O)[C@]2(O)CC. The molecule has 0 saturated carbocycles. The van der Waals surface area contributed by atoms with E-state index in [1.807, 2.05) is 26.1 Å². The molecular weight excluding hydrogens is 410 g/mol. The Balaban J connectivity index is 1.78. The van der Waals surface area contributed by atoms with E-state index >= 15 is 0 Å². The summed E-state index contributed by atoms with van der Waals surface area (Å²) in [7, 11) is 1.83. The van der Waals surface area contributed by atoms with Crippen molar-refractivity contribution < 1.29 is 19.7 Å². The van der Waals surface area contributed by atoms with Gasteiger partial charge in [-0.05, 0) is 43.7 Å². The molecule has 0 radical (unpaired) electrons. The van der Waals surface area contributed by atoms with Crippen LogP contribution in [0.1, 0.15) is 48.1 Å². The van der Waals surface area contributed by atoms with Crippen molar-refractivity contribution in [3.8, 4) is 17.1 Å². The summed E-state index contributed by atoms with van der Waals surface area (Å²) in [5, 5.41) is 25.6. The predicted octanol–water partition coefficient (Wildman–Crippen LogP) is 2.07. The fourth-order valence-corrected chi connectivity index (χ4v) is 4.86. The quantitative estimate of drug-likeness (QED) is 0.421. The number of carbonyl (C=O) groups is 1. The standard InChI is InChI=1S/C24H25N3O5/c1-4-12-6-13(9-25-3)21(28)15-7-14-10-27-18(20(14)26-19(12)15)8-17-16(22(27)29)11-32-23(30)24(17,31)5-2/h6-8,25,28,31H,4-5,9-11H2,1-3H3/t24-/m0/s1. The molecule has 8 nitrogen and oxygen atoms in total. The highest BCUT2D eigenvalue weighted by Crippen LogP contribution is 2.40. The number of cyclic esters (lactones) is 1. The van der Waals surface area contributed by atoms with Crippen LogP contribution in [0.4, 0.5) is 0 Å². The zero-order valence-corrected chi connectivity index (χ0v) is 18.3. The lowest BCUT2D eigenvalue weighted by Gasteiger charge is -2.31. The van der Waals surface area contributed by atoms with E-state index in [0.29, 0.717) is 46.5 Å². The van der Waals surface area contributed by atoms with Gasteiger partial charge in [0.15, 0.2) is 5.60 Å². The van der Waals surface area contributed by atoms with Gasteiger partial charge in [-0.25, -0.2) is 9.78 Å². The van der Waals surface area contributed by atoms with Crippen LogP contribution in [0, 0.1) is 0 Å². The molecule has 32 heavy (non-hydrogen) atoms. The van der Waals surface area contributed by atoms with Crippen LogP contribution in [0.2, 0.25) is 0 Å². The molecule has 0 bridgehead atoms. The monoisotopic (exact) mass is 435 g/mol. The first-order chi connectivity index (χ1) is 15.3. The second kappa shape index (κ2) is 7.15. The molecule has 0 fully saturated rings. The third-order valence-electron chi connectivity index (χ3n) is 6.68. The lowest BCUT2D eigenvalue weighted by atomic mass is 9.86. The van der Waals surface area contributed by atoms with Crippen LogP contribution in [-0.4, -0.2) is 32.8 Å². The molecule has 1 aromatic carbocycles. The fourth-order valence-electron chi connectivity index (χ4n) is 4.86. The molecule has 2 aliphatic rings. The Hall–Kier alpha value is -3.23. The van der Waals surface area contributed by atoms with Crippen molar-refractivity contribution >= 4 is 16.9 Å². The maximum absolute atomic E-state index is 13.3. The molecule has 0 saturated heterocycles. The molecule has 5 rings (SSSR count). The first-order valence-electron chi connectivity index (χ1n) is 10.8. The Kier molecular flexibility index (Phi) is 4.61. The topological polar surface area (TPSA) is 114 Å². The number of carbonyl (C=O) groups excluding carboxylic acids is 1. The fraction of sp³-hybridized carbons (Fsp3) is 0.375. The predicted molar refractivity (Wildman–Crippen MR) is 118 cm³/mol. The van der Waals surface area contributed by atoms with E-state index in [4.69, 9.17) is 9.72 Å². The molecule has 0 amide bonds. The Morgan fingerprint density at radius 3 is 2.69 bits per heavy atom. The van der Waals surface area contributed by atoms with Crippen LogP contribution in [-0.2, 0) is 41.2 Å². The number of hydrogen-bond donors (Lipinski definition) is 3. The van der Waals surface area contributed by atoms with Gasteiger partial charge in [0, 0.05) is 28.6 Å². The number of nitrogens with one attached hydrogen (secondary N) is 1. The van der Waals surface area contributed by atoms with E-state index in [0.717, 1.165) is 23.1 Å². The lowest BCUT2D eigenvalue weighted by molar-refractivity contribution is -0.172. The molecule has 1 atom stereocenters.